The first-order chi connectivity index (χ1) is 17.5. The first-order valence-corrected chi connectivity index (χ1v) is 12.5. The van der Waals surface area contributed by atoms with E-state index in [2.05, 4.69) is 20.9 Å². The van der Waals surface area contributed by atoms with E-state index in [4.69, 9.17) is 11.6 Å². The third-order valence-corrected chi connectivity index (χ3v) is 6.96. The molecule has 0 bridgehead atoms. The van der Waals surface area contributed by atoms with Crippen molar-refractivity contribution in [3.63, 3.8) is 0 Å². The van der Waals surface area contributed by atoms with Gasteiger partial charge < -0.3 is 15.5 Å². The Labute approximate surface area is 215 Å². The monoisotopic (exact) mass is 523 g/mol. The lowest BCUT2D eigenvalue weighted by molar-refractivity contribution is 0.0735. The first kappa shape index (κ1) is 23.9. The number of halogens is 1. The van der Waals surface area contributed by atoms with E-state index in [0.29, 0.717) is 58.0 Å². The van der Waals surface area contributed by atoms with Crippen LogP contribution in [0.15, 0.2) is 65.7 Å². The second kappa shape index (κ2) is 10.4. The molecule has 0 spiro atoms. The Morgan fingerprint density at radius 1 is 1.11 bits per heavy atom. The molecule has 1 saturated heterocycles. The second-order valence-corrected chi connectivity index (χ2v) is 9.81. The SMILES string of the molecule is O=C(NCc1cn(-c2ccc(-n3ccccc3=O)cc2C(=O)N2CCNCC2)nn1)c1ccc(Cl)s1. The summed E-state index contributed by atoms with van der Waals surface area (Å²) in [5.41, 5.74) is 1.83. The van der Waals surface area contributed by atoms with Crippen LogP contribution < -0.4 is 16.2 Å². The van der Waals surface area contributed by atoms with Gasteiger partial charge in [-0.05, 0) is 36.4 Å². The highest BCUT2D eigenvalue weighted by atomic mass is 35.5. The molecule has 0 saturated carbocycles. The van der Waals surface area contributed by atoms with Crippen LogP contribution in [-0.4, -0.2) is 62.5 Å². The molecule has 3 aromatic heterocycles. The zero-order chi connectivity index (χ0) is 25.1. The van der Waals surface area contributed by atoms with Crippen LogP contribution >= 0.6 is 22.9 Å². The van der Waals surface area contributed by atoms with Crippen molar-refractivity contribution in [2.75, 3.05) is 26.2 Å². The molecule has 10 nitrogen and oxygen atoms in total. The summed E-state index contributed by atoms with van der Waals surface area (Å²) in [6.45, 7) is 2.74. The van der Waals surface area contributed by atoms with Crippen LogP contribution in [0.3, 0.4) is 0 Å². The number of hydrogen-bond acceptors (Lipinski definition) is 7. The van der Waals surface area contributed by atoms with E-state index in [-0.39, 0.29) is 23.9 Å². The Balaban J connectivity index is 1.44. The largest absolute Gasteiger partial charge is 0.346 e. The van der Waals surface area contributed by atoms with Crippen LogP contribution in [0.5, 0.6) is 0 Å². The Morgan fingerprint density at radius 3 is 2.69 bits per heavy atom. The van der Waals surface area contributed by atoms with Gasteiger partial charge in [-0.3, -0.25) is 19.0 Å². The number of amides is 2. The Hall–Kier alpha value is -3.80. The van der Waals surface area contributed by atoms with Gasteiger partial charge in [0.15, 0.2) is 0 Å². The number of carbonyl (C=O) groups excluding carboxylic acids is 2. The summed E-state index contributed by atoms with van der Waals surface area (Å²) < 4.78 is 3.53. The number of aromatic nitrogens is 4. The minimum Gasteiger partial charge on any atom is -0.346 e. The third-order valence-electron chi connectivity index (χ3n) is 5.73. The molecule has 1 aromatic carbocycles. The smallest absolute Gasteiger partial charge is 0.261 e. The van der Waals surface area contributed by atoms with Crippen LogP contribution in [-0.2, 0) is 6.54 Å². The van der Waals surface area contributed by atoms with Crippen LogP contribution in [0.2, 0.25) is 4.34 Å². The molecule has 1 aliphatic heterocycles. The molecular weight excluding hydrogens is 502 g/mol. The van der Waals surface area contributed by atoms with E-state index < -0.39 is 0 Å². The van der Waals surface area contributed by atoms with E-state index in [0.717, 1.165) is 0 Å². The average molecular weight is 524 g/mol. The Bertz CT molecular complexity index is 1470. The summed E-state index contributed by atoms with van der Waals surface area (Å²) >= 11 is 7.10. The summed E-state index contributed by atoms with van der Waals surface area (Å²) in [7, 11) is 0. The van der Waals surface area contributed by atoms with Gasteiger partial charge in [0.25, 0.3) is 17.4 Å². The lowest BCUT2D eigenvalue weighted by Crippen LogP contribution is -2.46. The lowest BCUT2D eigenvalue weighted by atomic mass is 10.1. The maximum Gasteiger partial charge on any atom is 0.261 e. The van der Waals surface area contributed by atoms with Crippen LogP contribution in [0.4, 0.5) is 0 Å². The molecule has 1 aliphatic rings. The second-order valence-electron chi connectivity index (χ2n) is 8.09. The number of benzene rings is 1. The van der Waals surface area contributed by atoms with Crippen molar-refractivity contribution in [1.82, 2.24) is 35.1 Å². The fourth-order valence-corrected chi connectivity index (χ4v) is 4.87. The quantitative estimate of drug-likeness (QED) is 0.400. The standard InChI is InChI=1S/C24H22ClN7O3S/c25-21-7-6-20(36-21)23(34)27-14-16-15-32(29-28-16)19-5-4-17(31-10-2-1-3-22(31)33)13-18(19)24(35)30-11-8-26-9-12-30/h1-7,10,13,15,26H,8-9,11-12,14H2,(H,27,34). The predicted octanol–water partition coefficient (Wildman–Crippen LogP) is 2.11. The number of nitrogens with zero attached hydrogens (tertiary/aromatic N) is 5. The summed E-state index contributed by atoms with van der Waals surface area (Å²) in [5, 5.41) is 14.4. The van der Waals surface area contributed by atoms with Gasteiger partial charge in [-0.15, -0.1) is 16.4 Å². The van der Waals surface area contributed by atoms with Crippen LogP contribution in [0.1, 0.15) is 25.7 Å². The summed E-state index contributed by atoms with van der Waals surface area (Å²) in [6, 6.07) is 13.4. The third kappa shape index (κ3) is 5.08. The zero-order valence-electron chi connectivity index (χ0n) is 19.1. The molecule has 2 N–H and O–H groups in total. The number of nitrogens with one attached hydrogen (secondary N) is 2. The fraction of sp³-hybridized carbons (Fsp3) is 0.208. The summed E-state index contributed by atoms with van der Waals surface area (Å²) in [6.07, 6.45) is 3.33. The Kier molecular flexibility index (Phi) is 6.94. The van der Waals surface area contributed by atoms with Gasteiger partial charge in [0.05, 0.1) is 33.2 Å². The number of hydrogen-bond donors (Lipinski definition) is 2. The first-order valence-electron chi connectivity index (χ1n) is 11.3. The van der Waals surface area contributed by atoms with Gasteiger partial charge in [0, 0.05) is 44.1 Å². The highest BCUT2D eigenvalue weighted by Gasteiger charge is 2.23. The van der Waals surface area contributed by atoms with E-state index in [1.54, 1.807) is 59.8 Å². The molecular formula is C24H22ClN7O3S. The molecule has 1 fully saturated rings. The molecule has 0 unspecified atom stereocenters. The molecule has 0 aliphatic carbocycles. The normalized spacial score (nSPS) is 13.5. The summed E-state index contributed by atoms with van der Waals surface area (Å²) in [5.74, 6) is -0.411. The number of piperazine rings is 1. The maximum atomic E-state index is 13.5. The molecule has 4 heterocycles. The highest BCUT2D eigenvalue weighted by Crippen LogP contribution is 2.22. The van der Waals surface area contributed by atoms with E-state index in [1.165, 1.54) is 26.7 Å². The van der Waals surface area contributed by atoms with Crippen molar-refractivity contribution in [3.8, 4) is 11.4 Å². The van der Waals surface area contributed by atoms with Crippen LogP contribution in [0.25, 0.3) is 11.4 Å². The fourth-order valence-electron chi connectivity index (χ4n) is 3.92. The average Bonchev–Trinajstić information content (AvgIpc) is 3.56. The molecule has 2 amide bonds. The molecule has 0 radical (unpaired) electrons. The van der Waals surface area contributed by atoms with Crippen molar-refractivity contribution < 1.29 is 9.59 Å². The highest BCUT2D eigenvalue weighted by molar-refractivity contribution is 7.17. The molecule has 0 atom stereocenters. The minimum atomic E-state index is -0.256. The van der Waals surface area contributed by atoms with Gasteiger partial charge >= 0.3 is 0 Å². The molecule has 184 valence electrons. The van der Waals surface area contributed by atoms with Gasteiger partial charge in [-0.1, -0.05) is 22.9 Å². The maximum absolute atomic E-state index is 13.5. The zero-order valence-corrected chi connectivity index (χ0v) is 20.6. The van der Waals surface area contributed by atoms with E-state index in [1.807, 2.05) is 0 Å². The van der Waals surface area contributed by atoms with Crippen LogP contribution in [0, 0.1) is 0 Å². The number of rotatable bonds is 6. The number of thiophene rings is 1. The molecule has 4 aromatic rings. The molecule has 5 rings (SSSR count). The Morgan fingerprint density at radius 2 is 1.94 bits per heavy atom. The number of carbonyl (C=O) groups is 2. The van der Waals surface area contributed by atoms with E-state index >= 15 is 0 Å². The van der Waals surface area contributed by atoms with Gasteiger partial charge in [-0.2, -0.15) is 0 Å². The molecule has 36 heavy (non-hydrogen) atoms. The lowest BCUT2D eigenvalue weighted by Gasteiger charge is -2.28. The van der Waals surface area contributed by atoms with Crippen molar-refractivity contribution in [2.24, 2.45) is 0 Å². The van der Waals surface area contributed by atoms with Crippen molar-refractivity contribution in [3.05, 3.63) is 91.7 Å². The topological polar surface area (TPSA) is 114 Å². The minimum absolute atomic E-state index is 0.155. The van der Waals surface area contributed by atoms with Gasteiger partial charge in [-0.25, -0.2) is 4.68 Å². The van der Waals surface area contributed by atoms with Crippen molar-refractivity contribution in [1.29, 1.82) is 0 Å². The van der Waals surface area contributed by atoms with Gasteiger partial charge in [0.2, 0.25) is 0 Å². The van der Waals surface area contributed by atoms with Crippen molar-refractivity contribution >= 4 is 34.8 Å². The number of pyridine rings is 1. The molecule has 12 heteroatoms. The van der Waals surface area contributed by atoms with E-state index in [9.17, 15) is 14.4 Å². The van der Waals surface area contributed by atoms with Crippen molar-refractivity contribution in [2.45, 2.75) is 6.54 Å². The van der Waals surface area contributed by atoms with Gasteiger partial charge in [0.1, 0.15) is 5.69 Å². The summed E-state index contributed by atoms with van der Waals surface area (Å²) in [4.78, 5) is 40.5. The predicted molar refractivity (Wildman–Crippen MR) is 136 cm³/mol.